The number of imide groups is 1. The Bertz CT molecular complexity index is 262. The van der Waals surface area contributed by atoms with E-state index in [4.69, 9.17) is 5.26 Å². The van der Waals surface area contributed by atoms with Gasteiger partial charge in [-0.05, 0) is 12.8 Å². The molecule has 0 aliphatic heterocycles. The number of methoxy groups -OCH3 is 1. The van der Waals surface area contributed by atoms with Gasteiger partial charge in [0.1, 0.15) is 5.41 Å². The minimum absolute atomic E-state index is 0.520. The van der Waals surface area contributed by atoms with Crippen molar-refractivity contribution in [3.63, 3.8) is 0 Å². The lowest BCUT2D eigenvalue weighted by atomic mass is 10.1. The first-order valence-electron chi connectivity index (χ1n) is 3.45. The van der Waals surface area contributed by atoms with Gasteiger partial charge in [-0.25, -0.2) is 4.79 Å². The molecule has 0 saturated heterocycles. The summed E-state index contributed by atoms with van der Waals surface area (Å²) >= 11 is 0. The Morgan fingerprint density at radius 3 is 2.50 bits per heavy atom. The highest BCUT2D eigenvalue weighted by atomic mass is 16.5. The molecule has 0 aromatic heterocycles. The average molecular weight is 168 g/mol. The molecule has 12 heavy (non-hydrogen) atoms. The third-order valence-electron chi connectivity index (χ3n) is 1.80. The molecule has 0 heterocycles. The van der Waals surface area contributed by atoms with Gasteiger partial charge < -0.3 is 4.74 Å². The van der Waals surface area contributed by atoms with Crippen LogP contribution in [-0.4, -0.2) is 19.1 Å². The Morgan fingerprint density at radius 2 is 2.17 bits per heavy atom. The Morgan fingerprint density at radius 1 is 1.58 bits per heavy atom. The number of hydrogen-bond acceptors (Lipinski definition) is 4. The Balaban J connectivity index is 2.51. The first kappa shape index (κ1) is 8.53. The highest BCUT2D eigenvalue weighted by Gasteiger charge is 2.51. The van der Waals surface area contributed by atoms with Crippen molar-refractivity contribution < 1.29 is 14.3 Å². The zero-order chi connectivity index (χ0) is 9.19. The number of nitriles is 1. The topological polar surface area (TPSA) is 79.2 Å². The van der Waals surface area contributed by atoms with Crippen LogP contribution in [0.2, 0.25) is 0 Å². The summed E-state index contributed by atoms with van der Waals surface area (Å²) in [6.07, 6.45) is 0.222. The molecule has 5 nitrogen and oxygen atoms in total. The molecule has 0 aromatic rings. The van der Waals surface area contributed by atoms with Crippen molar-refractivity contribution in [1.82, 2.24) is 5.32 Å². The van der Waals surface area contributed by atoms with Gasteiger partial charge >= 0.3 is 6.09 Å². The van der Waals surface area contributed by atoms with Crippen LogP contribution in [0.3, 0.4) is 0 Å². The largest absolute Gasteiger partial charge is 0.453 e. The van der Waals surface area contributed by atoms with Crippen LogP contribution in [0.15, 0.2) is 0 Å². The average Bonchev–Trinajstić information content (AvgIpc) is 2.84. The van der Waals surface area contributed by atoms with Crippen molar-refractivity contribution in [2.75, 3.05) is 7.11 Å². The molecular formula is C7H8N2O3. The van der Waals surface area contributed by atoms with Crippen LogP contribution in [0.1, 0.15) is 12.8 Å². The van der Waals surface area contributed by atoms with E-state index >= 15 is 0 Å². The van der Waals surface area contributed by atoms with Crippen LogP contribution in [0.5, 0.6) is 0 Å². The Hall–Kier alpha value is -1.57. The quantitative estimate of drug-likeness (QED) is 0.605. The van der Waals surface area contributed by atoms with E-state index in [2.05, 4.69) is 4.74 Å². The lowest BCUT2D eigenvalue weighted by Gasteiger charge is -2.04. The molecule has 1 N–H and O–H groups in total. The number of amides is 2. The molecule has 0 spiro atoms. The van der Waals surface area contributed by atoms with Gasteiger partial charge in [-0.3, -0.25) is 10.1 Å². The van der Waals surface area contributed by atoms with Gasteiger partial charge in [0.15, 0.2) is 0 Å². The van der Waals surface area contributed by atoms with Crippen molar-refractivity contribution >= 4 is 12.0 Å². The predicted octanol–water partition coefficient (Wildman–Crippen LogP) is 0.173. The number of alkyl carbamates (subject to hydrolysis) is 1. The summed E-state index contributed by atoms with van der Waals surface area (Å²) in [6.45, 7) is 0. The van der Waals surface area contributed by atoms with Crippen molar-refractivity contribution in [1.29, 1.82) is 5.26 Å². The van der Waals surface area contributed by atoms with E-state index in [-0.39, 0.29) is 0 Å². The minimum Gasteiger partial charge on any atom is -0.453 e. The van der Waals surface area contributed by atoms with Gasteiger partial charge in [-0.2, -0.15) is 5.26 Å². The number of rotatable bonds is 1. The highest BCUT2D eigenvalue weighted by Crippen LogP contribution is 2.44. The molecule has 0 atom stereocenters. The van der Waals surface area contributed by atoms with Crippen LogP contribution < -0.4 is 5.32 Å². The second-order valence-corrected chi connectivity index (χ2v) is 2.64. The summed E-state index contributed by atoms with van der Waals surface area (Å²) < 4.78 is 4.21. The minimum atomic E-state index is -0.964. The fraction of sp³-hybridized carbons (Fsp3) is 0.571. The van der Waals surface area contributed by atoms with Crippen molar-refractivity contribution in [3.8, 4) is 6.07 Å². The second kappa shape index (κ2) is 2.81. The van der Waals surface area contributed by atoms with Gasteiger partial charge in [-0.15, -0.1) is 0 Å². The van der Waals surface area contributed by atoms with Crippen molar-refractivity contribution in [3.05, 3.63) is 0 Å². The maximum Gasteiger partial charge on any atom is 0.413 e. The van der Waals surface area contributed by atoms with Crippen LogP contribution in [0.25, 0.3) is 0 Å². The maximum atomic E-state index is 11.1. The third kappa shape index (κ3) is 1.37. The molecule has 1 aliphatic carbocycles. The summed E-state index contributed by atoms with van der Waals surface area (Å²) in [7, 11) is 1.16. The summed E-state index contributed by atoms with van der Waals surface area (Å²) in [4.78, 5) is 21.6. The smallest absolute Gasteiger partial charge is 0.413 e. The first-order valence-corrected chi connectivity index (χ1v) is 3.45. The Kier molecular flexibility index (Phi) is 2.00. The lowest BCUT2D eigenvalue weighted by Crippen LogP contribution is -2.36. The fourth-order valence-corrected chi connectivity index (χ4v) is 0.778. The summed E-state index contributed by atoms with van der Waals surface area (Å²) in [5, 5.41) is 10.5. The maximum absolute atomic E-state index is 11.1. The molecule has 1 rings (SSSR count). The summed E-state index contributed by atoms with van der Waals surface area (Å²) in [6, 6.07) is 1.86. The number of carbonyl (C=O) groups excluding carboxylic acids is 2. The molecule has 1 fully saturated rings. The zero-order valence-electron chi connectivity index (χ0n) is 6.59. The molecule has 0 aromatic carbocycles. The van der Waals surface area contributed by atoms with Gasteiger partial charge in [0.05, 0.1) is 13.2 Å². The SMILES string of the molecule is COC(=O)NC(=O)C1(C#N)CC1. The fourth-order valence-electron chi connectivity index (χ4n) is 0.778. The number of hydrogen-bond donors (Lipinski definition) is 1. The van der Waals surface area contributed by atoms with Crippen molar-refractivity contribution in [2.24, 2.45) is 5.41 Å². The monoisotopic (exact) mass is 168 g/mol. The van der Waals surface area contributed by atoms with Gasteiger partial charge in [0, 0.05) is 0 Å². The van der Waals surface area contributed by atoms with Gasteiger partial charge in [0.25, 0.3) is 0 Å². The highest BCUT2D eigenvalue weighted by molar-refractivity contribution is 5.98. The summed E-state index contributed by atoms with van der Waals surface area (Å²) in [5.41, 5.74) is -0.964. The van der Waals surface area contributed by atoms with E-state index in [1.165, 1.54) is 0 Å². The van der Waals surface area contributed by atoms with Crippen LogP contribution >= 0.6 is 0 Å². The van der Waals surface area contributed by atoms with E-state index in [0.29, 0.717) is 12.8 Å². The summed E-state index contributed by atoms with van der Waals surface area (Å²) in [5.74, 6) is -0.558. The third-order valence-corrected chi connectivity index (χ3v) is 1.80. The van der Waals surface area contributed by atoms with E-state index in [0.717, 1.165) is 7.11 Å². The lowest BCUT2D eigenvalue weighted by molar-refractivity contribution is -0.123. The molecule has 64 valence electrons. The van der Waals surface area contributed by atoms with Gasteiger partial charge in [-0.1, -0.05) is 0 Å². The molecule has 0 bridgehead atoms. The van der Waals surface area contributed by atoms with Crippen LogP contribution in [-0.2, 0) is 9.53 Å². The number of nitrogens with zero attached hydrogens (tertiary/aromatic N) is 1. The molecular weight excluding hydrogens is 160 g/mol. The van der Waals surface area contributed by atoms with Crippen LogP contribution in [0, 0.1) is 16.7 Å². The molecule has 1 aliphatic rings. The number of ether oxygens (including phenoxy) is 1. The van der Waals surface area contributed by atoms with E-state index in [9.17, 15) is 9.59 Å². The van der Waals surface area contributed by atoms with E-state index in [1.54, 1.807) is 0 Å². The zero-order valence-corrected chi connectivity index (χ0v) is 6.59. The van der Waals surface area contributed by atoms with Crippen molar-refractivity contribution in [2.45, 2.75) is 12.8 Å². The molecule has 1 saturated carbocycles. The van der Waals surface area contributed by atoms with Gasteiger partial charge in [0.2, 0.25) is 5.91 Å². The molecule has 0 unspecified atom stereocenters. The normalized spacial score (nSPS) is 17.3. The second-order valence-electron chi connectivity index (χ2n) is 2.64. The standard InChI is InChI=1S/C7H8N2O3/c1-12-6(11)9-5(10)7(4-8)2-3-7/h2-3H2,1H3,(H,9,10,11). The molecule has 2 amide bonds. The molecule has 0 radical (unpaired) electrons. The van der Waals surface area contributed by atoms with E-state index < -0.39 is 17.4 Å². The van der Waals surface area contributed by atoms with Crippen LogP contribution in [0.4, 0.5) is 4.79 Å². The van der Waals surface area contributed by atoms with E-state index in [1.807, 2.05) is 11.4 Å². The first-order chi connectivity index (χ1) is 5.64. The predicted molar refractivity (Wildman–Crippen MR) is 37.8 cm³/mol. The molecule has 5 heteroatoms. The number of nitrogens with one attached hydrogen (secondary N) is 1. The number of carbonyl (C=O) groups is 2. The Labute approximate surface area is 69.3 Å².